The monoisotopic (exact) mass is 512 g/mol. The Morgan fingerprint density at radius 3 is 1.65 bits per heavy atom. The van der Waals surface area contributed by atoms with Crippen LogP contribution in [0.4, 0.5) is 0 Å². The zero-order chi connectivity index (χ0) is 24.1. The highest BCUT2D eigenvalue weighted by Crippen LogP contribution is 2.61. The zero-order valence-electron chi connectivity index (χ0n) is 20.4. The molecule has 182 valence electrons. The quantitative estimate of drug-likeness (QED) is 0.149. The van der Waals surface area contributed by atoms with Crippen LogP contribution in [0.5, 0.6) is 11.5 Å². The largest absolute Gasteiger partial charge is 0.428 e. The van der Waals surface area contributed by atoms with Crippen molar-refractivity contribution in [3.63, 3.8) is 0 Å². The maximum atomic E-state index is 6.48. The Labute approximate surface area is 215 Å². The number of aryl methyl sites for hydroxylation is 2. The Balaban J connectivity index is 1.76. The first-order valence-corrected chi connectivity index (χ1v) is 16.7. The predicted octanol–water partition coefficient (Wildman–Crippen LogP) is 9.77. The van der Waals surface area contributed by atoms with E-state index < -0.39 is 5.69 Å². The summed E-state index contributed by atoms with van der Waals surface area (Å²) in [6.07, 6.45) is 9.44. The van der Waals surface area contributed by atoms with Gasteiger partial charge in [-0.2, -0.15) is 0 Å². The van der Waals surface area contributed by atoms with Crippen LogP contribution in [0.15, 0.2) is 78.9 Å². The fourth-order valence-electron chi connectivity index (χ4n) is 3.73. The van der Waals surface area contributed by atoms with Gasteiger partial charge >= 0.3 is 5.69 Å². The van der Waals surface area contributed by atoms with Crippen LogP contribution in [-0.2, 0) is 30.4 Å². The summed E-state index contributed by atoms with van der Waals surface area (Å²) in [6, 6.07) is 27.1. The molecule has 0 aliphatic rings. The number of rotatable bonds is 15. The number of hydrogen-bond acceptors (Lipinski definition) is 4. The van der Waals surface area contributed by atoms with E-state index in [2.05, 4.69) is 74.5 Å². The molecule has 0 aliphatic heterocycles. The second kappa shape index (κ2) is 14.6. The van der Waals surface area contributed by atoms with Gasteiger partial charge in [-0.1, -0.05) is 94.1 Å². The summed E-state index contributed by atoms with van der Waals surface area (Å²) in [5.41, 5.74) is 1.12. The summed E-state index contributed by atoms with van der Waals surface area (Å²) < 4.78 is 13.0. The van der Waals surface area contributed by atoms with E-state index in [4.69, 9.17) is 20.9 Å². The van der Waals surface area contributed by atoms with Gasteiger partial charge in [-0.05, 0) is 89.8 Å². The van der Waals surface area contributed by atoms with Gasteiger partial charge in [0.1, 0.15) is 11.5 Å². The van der Waals surface area contributed by atoms with Crippen LogP contribution in [0.1, 0.15) is 69.1 Å². The Bertz CT molecular complexity index is 980. The van der Waals surface area contributed by atoms with Gasteiger partial charge in [0.15, 0.2) is 0 Å². The molecule has 3 aromatic rings. The second-order valence-corrected chi connectivity index (χ2v) is 14.8. The van der Waals surface area contributed by atoms with Gasteiger partial charge in [-0.3, -0.25) is 0 Å². The number of unbranched alkanes of at least 4 members (excludes halogenated alkanes) is 4. The molecule has 0 aliphatic carbocycles. The van der Waals surface area contributed by atoms with Crippen molar-refractivity contribution in [1.29, 1.82) is 0 Å². The summed E-state index contributed by atoms with van der Waals surface area (Å²) in [5, 5.41) is 0. The molecule has 5 heteroatoms. The molecule has 3 aromatic carbocycles. The molecule has 0 bridgehead atoms. The molecule has 0 radical (unpaired) electrons. The van der Waals surface area contributed by atoms with Crippen LogP contribution in [-0.4, -0.2) is 0 Å². The van der Waals surface area contributed by atoms with E-state index in [-0.39, 0.29) is 0 Å². The van der Waals surface area contributed by atoms with Gasteiger partial charge in [-0.15, -0.1) is 0 Å². The van der Waals surface area contributed by atoms with Crippen molar-refractivity contribution < 1.29 is 9.05 Å². The summed E-state index contributed by atoms with van der Waals surface area (Å²) >= 11 is 7.70. The lowest BCUT2D eigenvalue weighted by atomic mass is 10.1. The molecule has 0 heterocycles. The summed E-state index contributed by atoms with van der Waals surface area (Å²) in [4.78, 5) is 0. The first kappa shape index (κ1) is 26.9. The molecule has 0 saturated heterocycles. The highest BCUT2D eigenvalue weighted by molar-refractivity contribution is 8.67. The molecular weight excluding hydrogens is 475 g/mol. The molecule has 0 atom stereocenters. The number of hydrogen-bond donors (Lipinski definition) is 0. The molecule has 0 aromatic heterocycles. The van der Waals surface area contributed by atoms with Crippen molar-refractivity contribution in [2.24, 2.45) is 0 Å². The lowest BCUT2D eigenvalue weighted by molar-refractivity contribution is 0.505. The van der Waals surface area contributed by atoms with Crippen molar-refractivity contribution in [2.75, 3.05) is 0 Å². The topological polar surface area (TPSA) is 18.5 Å². The SMILES string of the molecule is CCCCCc1cccc(OP(=S)(Oc2cccc(CCCCC)c2)SCc2ccccc2)c1. The lowest BCUT2D eigenvalue weighted by Crippen LogP contribution is -2.00. The van der Waals surface area contributed by atoms with Crippen molar-refractivity contribution in [3.8, 4) is 11.5 Å². The van der Waals surface area contributed by atoms with E-state index in [1.54, 1.807) is 11.4 Å². The van der Waals surface area contributed by atoms with E-state index in [0.717, 1.165) is 30.1 Å². The molecule has 34 heavy (non-hydrogen) atoms. The number of benzene rings is 3. The molecular formula is C29H37O2PS2. The van der Waals surface area contributed by atoms with Crippen molar-refractivity contribution in [2.45, 2.75) is 71.0 Å². The maximum Gasteiger partial charge on any atom is 0.348 e. The van der Waals surface area contributed by atoms with Gasteiger partial charge in [0, 0.05) is 5.75 Å². The fraction of sp³-hybridized carbons (Fsp3) is 0.379. The highest BCUT2D eigenvalue weighted by atomic mass is 32.9. The van der Waals surface area contributed by atoms with Crippen molar-refractivity contribution >= 4 is 28.9 Å². The van der Waals surface area contributed by atoms with Crippen LogP contribution in [0.3, 0.4) is 0 Å². The molecule has 2 nitrogen and oxygen atoms in total. The minimum absolute atomic E-state index is 0.754. The van der Waals surface area contributed by atoms with Gasteiger partial charge in [0.2, 0.25) is 0 Å². The average Bonchev–Trinajstić information content (AvgIpc) is 2.84. The van der Waals surface area contributed by atoms with Crippen LogP contribution in [0.2, 0.25) is 0 Å². The van der Waals surface area contributed by atoms with E-state index in [1.165, 1.54) is 55.2 Å². The predicted molar refractivity (Wildman–Crippen MR) is 153 cm³/mol. The van der Waals surface area contributed by atoms with E-state index in [0.29, 0.717) is 0 Å². The Kier molecular flexibility index (Phi) is 11.5. The highest BCUT2D eigenvalue weighted by Gasteiger charge is 2.24. The third kappa shape index (κ3) is 9.49. The fourth-order valence-corrected chi connectivity index (χ4v) is 7.86. The van der Waals surface area contributed by atoms with Gasteiger partial charge < -0.3 is 9.05 Å². The molecule has 3 rings (SSSR count). The van der Waals surface area contributed by atoms with Crippen LogP contribution in [0.25, 0.3) is 0 Å². The molecule has 0 amide bonds. The van der Waals surface area contributed by atoms with E-state index in [1.807, 2.05) is 18.2 Å². The first-order chi connectivity index (χ1) is 16.6. The summed E-state index contributed by atoms with van der Waals surface area (Å²) in [5.74, 6) is 2.36. The van der Waals surface area contributed by atoms with Gasteiger partial charge in [0.05, 0.1) is 0 Å². The Hall–Kier alpha value is -1.74. The Morgan fingerprint density at radius 2 is 1.15 bits per heavy atom. The zero-order valence-corrected chi connectivity index (χ0v) is 23.0. The molecule has 0 spiro atoms. The molecule has 0 saturated carbocycles. The minimum Gasteiger partial charge on any atom is -0.428 e. The van der Waals surface area contributed by atoms with Crippen molar-refractivity contribution in [1.82, 2.24) is 0 Å². The minimum atomic E-state index is -2.68. The van der Waals surface area contributed by atoms with Crippen molar-refractivity contribution in [3.05, 3.63) is 95.6 Å². The van der Waals surface area contributed by atoms with Crippen LogP contribution < -0.4 is 9.05 Å². The van der Waals surface area contributed by atoms with Gasteiger partial charge in [0.25, 0.3) is 0 Å². The first-order valence-electron chi connectivity index (χ1n) is 12.5. The normalized spacial score (nSPS) is 11.4. The summed E-state index contributed by atoms with van der Waals surface area (Å²) in [6.45, 7) is 4.46. The molecule has 0 N–H and O–H groups in total. The standard InChI is InChI=1S/C29H37O2PS2/c1-3-5-8-14-25-18-12-20-28(22-25)30-32(33,34-24-27-16-10-7-11-17-27)31-29-21-13-19-26(23-29)15-9-6-4-2/h7,10-13,16-23H,3-6,8-9,14-15,24H2,1-2H3. The Morgan fingerprint density at radius 1 is 0.647 bits per heavy atom. The molecule has 0 fully saturated rings. The third-order valence-electron chi connectivity index (χ3n) is 5.60. The van der Waals surface area contributed by atoms with E-state index in [9.17, 15) is 0 Å². The maximum absolute atomic E-state index is 6.48. The lowest BCUT2D eigenvalue weighted by Gasteiger charge is -2.23. The van der Waals surface area contributed by atoms with E-state index >= 15 is 0 Å². The smallest absolute Gasteiger partial charge is 0.348 e. The summed E-state index contributed by atoms with van der Waals surface area (Å²) in [7, 11) is 0. The van der Waals surface area contributed by atoms with Crippen LogP contribution >= 0.6 is 17.1 Å². The molecule has 0 unspecified atom stereocenters. The van der Waals surface area contributed by atoms with Gasteiger partial charge in [-0.25, -0.2) is 0 Å². The third-order valence-corrected chi connectivity index (χ3v) is 10.4. The van der Waals surface area contributed by atoms with Crippen LogP contribution in [0, 0.1) is 0 Å². The average molecular weight is 513 g/mol. The second-order valence-electron chi connectivity index (χ2n) is 8.60.